The molecule has 7 heteroatoms. The number of nitrogens with zero attached hydrogens (tertiary/aromatic N) is 1. The molecule has 156 valence electrons. The molecule has 0 aliphatic carbocycles. The van der Waals surface area contributed by atoms with Crippen molar-refractivity contribution in [3.8, 4) is 11.5 Å². The van der Waals surface area contributed by atoms with Gasteiger partial charge in [-0.05, 0) is 62.8 Å². The Balaban J connectivity index is 1.64. The molecule has 1 N–H and O–H groups in total. The summed E-state index contributed by atoms with van der Waals surface area (Å²) in [6.45, 7) is 5.82. The summed E-state index contributed by atoms with van der Waals surface area (Å²) in [6.07, 6.45) is 3.26. The van der Waals surface area contributed by atoms with Crippen LogP contribution in [0, 0.1) is 0 Å². The van der Waals surface area contributed by atoms with Crippen LogP contribution in [0.3, 0.4) is 0 Å². The molecule has 1 unspecified atom stereocenters. The number of hydrogen-bond donors (Lipinski definition) is 1. The van der Waals surface area contributed by atoms with Crippen LogP contribution < -0.4 is 14.8 Å². The SMILES string of the molecule is CCOc1cc(C(=O)NC(C)c2cccs2)ccc1OCC(=O)N1CCCCC1. The third-order valence-corrected chi connectivity index (χ3v) is 5.94. The first-order valence-electron chi connectivity index (χ1n) is 10.1. The van der Waals surface area contributed by atoms with Crippen molar-refractivity contribution in [2.24, 2.45) is 0 Å². The molecule has 0 spiro atoms. The number of carbonyl (C=O) groups excluding carboxylic acids is 2. The number of rotatable bonds is 8. The predicted molar refractivity (Wildman–Crippen MR) is 114 cm³/mol. The second-order valence-corrected chi connectivity index (χ2v) is 8.01. The Labute approximate surface area is 175 Å². The van der Waals surface area contributed by atoms with Crippen molar-refractivity contribution < 1.29 is 19.1 Å². The van der Waals surface area contributed by atoms with E-state index in [1.807, 2.05) is 36.3 Å². The number of ether oxygens (including phenoxy) is 2. The van der Waals surface area contributed by atoms with E-state index in [0.717, 1.165) is 30.8 Å². The number of hydrogen-bond acceptors (Lipinski definition) is 5. The molecule has 1 aromatic carbocycles. The maximum absolute atomic E-state index is 12.6. The van der Waals surface area contributed by atoms with Gasteiger partial charge in [-0.3, -0.25) is 9.59 Å². The predicted octanol–water partition coefficient (Wildman–Crippen LogP) is 4.03. The summed E-state index contributed by atoms with van der Waals surface area (Å²) in [5.41, 5.74) is 0.492. The summed E-state index contributed by atoms with van der Waals surface area (Å²) >= 11 is 1.61. The molecule has 2 amide bonds. The molecule has 0 radical (unpaired) electrons. The fraction of sp³-hybridized carbons (Fsp3) is 0.455. The van der Waals surface area contributed by atoms with Crippen LogP contribution in [0.25, 0.3) is 0 Å². The third kappa shape index (κ3) is 5.73. The highest BCUT2D eigenvalue weighted by molar-refractivity contribution is 7.10. The van der Waals surface area contributed by atoms with E-state index < -0.39 is 0 Å². The minimum absolute atomic E-state index is 0.0151. The van der Waals surface area contributed by atoms with E-state index in [0.29, 0.717) is 23.7 Å². The molecule has 1 fully saturated rings. The van der Waals surface area contributed by atoms with Gasteiger partial charge in [-0.1, -0.05) is 6.07 Å². The number of likely N-dealkylation sites (tertiary alicyclic amines) is 1. The van der Waals surface area contributed by atoms with Crippen LogP contribution in [-0.4, -0.2) is 43.0 Å². The molecule has 3 rings (SSSR count). The summed E-state index contributed by atoms with van der Waals surface area (Å²) in [4.78, 5) is 27.9. The number of nitrogens with one attached hydrogen (secondary N) is 1. The number of benzene rings is 1. The van der Waals surface area contributed by atoms with Gasteiger partial charge in [-0.2, -0.15) is 0 Å². The Kier molecular flexibility index (Phi) is 7.52. The largest absolute Gasteiger partial charge is 0.490 e. The first kappa shape index (κ1) is 21.2. The van der Waals surface area contributed by atoms with Crippen LogP contribution >= 0.6 is 11.3 Å². The lowest BCUT2D eigenvalue weighted by atomic mass is 10.1. The maximum atomic E-state index is 12.6. The maximum Gasteiger partial charge on any atom is 0.260 e. The first-order chi connectivity index (χ1) is 14.1. The highest BCUT2D eigenvalue weighted by Gasteiger charge is 2.19. The Morgan fingerprint density at radius 3 is 2.62 bits per heavy atom. The fourth-order valence-electron chi connectivity index (χ4n) is 3.30. The summed E-state index contributed by atoms with van der Waals surface area (Å²) < 4.78 is 11.4. The van der Waals surface area contributed by atoms with Gasteiger partial charge in [0, 0.05) is 23.5 Å². The average Bonchev–Trinajstić information content (AvgIpc) is 3.28. The van der Waals surface area contributed by atoms with E-state index in [1.165, 1.54) is 6.42 Å². The van der Waals surface area contributed by atoms with Gasteiger partial charge >= 0.3 is 0 Å². The lowest BCUT2D eigenvalue weighted by Gasteiger charge is -2.26. The van der Waals surface area contributed by atoms with Crippen molar-refractivity contribution >= 4 is 23.2 Å². The standard InChI is InChI=1S/C22H28N2O4S/c1-3-27-19-14-17(22(26)23-16(2)20-8-7-13-29-20)9-10-18(19)28-15-21(25)24-11-5-4-6-12-24/h7-10,13-14,16H,3-6,11-12,15H2,1-2H3,(H,23,26). The van der Waals surface area contributed by atoms with Crippen LogP contribution in [0.2, 0.25) is 0 Å². The molecule has 1 saturated heterocycles. The summed E-state index contributed by atoms with van der Waals surface area (Å²) in [5, 5.41) is 4.98. The monoisotopic (exact) mass is 416 g/mol. The van der Waals surface area contributed by atoms with Crippen molar-refractivity contribution in [2.45, 2.75) is 39.2 Å². The van der Waals surface area contributed by atoms with Crippen LogP contribution in [-0.2, 0) is 4.79 Å². The van der Waals surface area contributed by atoms with Gasteiger partial charge in [-0.15, -0.1) is 11.3 Å². The molecule has 29 heavy (non-hydrogen) atoms. The van der Waals surface area contributed by atoms with Crippen LogP contribution in [0.15, 0.2) is 35.7 Å². The van der Waals surface area contributed by atoms with Crippen molar-refractivity contribution in [1.82, 2.24) is 10.2 Å². The van der Waals surface area contributed by atoms with Gasteiger partial charge in [0.05, 0.1) is 12.6 Å². The van der Waals surface area contributed by atoms with Crippen molar-refractivity contribution in [3.05, 3.63) is 46.2 Å². The molecule has 2 heterocycles. The van der Waals surface area contributed by atoms with E-state index in [-0.39, 0.29) is 24.5 Å². The molecule has 0 saturated carbocycles. The molecule has 2 aromatic rings. The molecule has 0 bridgehead atoms. The Morgan fingerprint density at radius 1 is 1.14 bits per heavy atom. The number of piperidine rings is 1. The molecule has 1 aliphatic heterocycles. The van der Waals surface area contributed by atoms with Gasteiger partial charge in [0.1, 0.15) is 0 Å². The van der Waals surface area contributed by atoms with Crippen molar-refractivity contribution in [3.63, 3.8) is 0 Å². The first-order valence-corrected chi connectivity index (χ1v) is 11.0. The van der Waals surface area contributed by atoms with Gasteiger partial charge in [0.25, 0.3) is 11.8 Å². The molecule has 1 aromatic heterocycles. The molecular weight excluding hydrogens is 388 g/mol. The highest BCUT2D eigenvalue weighted by atomic mass is 32.1. The second-order valence-electron chi connectivity index (χ2n) is 7.04. The lowest BCUT2D eigenvalue weighted by Crippen LogP contribution is -2.38. The summed E-state index contributed by atoms with van der Waals surface area (Å²) in [5.74, 6) is 0.747. The van der Waals surface area contributed by atoms with Crippen LogP contribution in [0.1, 0.15) is 54.4 Å². The van der Waals surface area contributed by atoms with Crippen molar-refractivity contribution in [2.75, 3.05) is 26.3 Å². The second kappa shape index (κ2) is 10.3. The topological polar surface area (TPSA) is 67.9 Å². The quantitative estimate of drug-likeness (QED) is 0.706. The minimum Gasteiger partial charge on any atom is -0.490 e. The summed E-state index contributed by atoms with van der Waals surface area (Å²) in [6, 6.07) is 8.95. The van der Waals surface area contributed by atoms with Gasteiger partial charge in [0.2, 0.25) is 0 Å². The Hall–Kier alpha value is -2.54. The average molecular weight is 417 g/mol. The van der Waals surface area contributed by atoms with E-state index in [1.54, 1.807) is 29.5 Å². The van der Waals surface area contributed by atoms with E-state index in [9.17, 15) is 9.59 Å². The smallest absolute Gasteiger partial charge is 0.260 e. The zero-order valence-electron chi connectivity index (χ0n) is 17.0. The Morgan fingerprint density at radius 2 is 1.93 bits per heavy atom. The number of amides is 2. The van der Waals surface area contributed by atoms with Crippen LogP contribution in [0.4, 0.5) is 0 Å². The molecule has 1 aliphatic rings. The lowest BCUT2D eigenvalue weighted by molar-refractivity contribution is -0.134. The highest BCUT2D eigenvalue weighted by Crippen LogP contribution is 2.29. The molecule has 1 atom stereocenters. The van der Waals surface area contributed by atoms with Gasteiger partial charge in [-0.25, -0.2) is 0 Å². The van der Waals surface area contributed by atoms with E-state index in [4.69, 9.17) is 9.47 Å². The third-order valence-electron chi connectivity index (χ3n) is 4.88. The minimum atomic E-state index is -0.178. The number of thiophene rings is 1. The zero-order chi connectivity index (χ0) is 20.6. The molecule has 6 nitrogen and oxygen atoms in total. The zero-order valence-corrected chi connectivity index (χ0v) is 17.8. The number of carbonyl (C=O) groups is 2. The van der Waals surface area contributed by atoms with E-state index in [2.05, 4.69) is 5.32 Å². The fourth-order valence-corrected chi connectivity index (χ4v) is 4.03. The van der Waals surface area contributed by atoms with Crippen LogP contribution in [0.5, 0.6) is 11.5 Å². The molecular formula is C22H28N2O4S. The van der Waals surface area contributed by atoms with E-state index >= 15 is 0 Å². The van der Waals surface area contributed by atoms with Gasteiger partial charge < -0.3 is 19.7 Å². The normalized spacial score (nSPS) is 14.9. The van der Waals surface area contributed by atoms with Gasteiger partial charge in [0.15, 0.2) is 18.1 Å². The Bertz CT molecular complexity index is 816. The van der Waals surface area contributed by atoms with Crippen molar-refractivity contribution in [1.29, 1.82) is 0 Å². The summed E-state index contributed by atoms with van der Waals surface area (Å²) in [7, 11) is 0.